The average molecular weight is 514 g/mol. The lowest BCUT2D eigenvalue weighted by atomic mass is 10.0. The molecule has 0 radical (unpaired) electrons. The Morgan fingerprint density at radius 1 is 1.18 bits per heavy atom. The van der Waals surface area contributed by atoms with Crippen LogP contribution in [0.5, 0.6) is 0 Å². The number of carbonyl (C=O) groups is 3. The van der Waals surface area contributed by atoms with Crippen LogP contribution in [0.15, 0.2) is 71.4 Å². The average Bonchev–Trinajstić information content (AvgIpc) is 2.86. The van der Waals surface area contributed by atoms with Gasteiger partial charge in [0.1, 0.15) is 17.1 Å². The highest BCUT2D eigenvalue weighted by Crippen LogP contribution is 2.42. The second-order valence-electron chi connectivity index (χ2n) is 7.47. The predicted molar refractivity (Wildman–Crippen MR) is 132 cm³/mol. The molecule has 2 atom stereocenters. The zero-order valence-corrected chi connectivity index (χ0v) is 20.2. The van der Waals surface area contributed by atoms with E-state index in [2.05, 4.69) is 5.32 Å². The summed E-state index contributed by atoms with van der Waals surface area (Å²) in [6.45, 7) is 0. The second-order valence-corrected chi connectivity index (χ2v) is 10.0. The van der Waals surface area contributed by atoms with Gasteiger partial charge in [-0.05, 0) is 11.1 Å². The maximum absolute atomic E-state index is 13.3. The molecule has 2 amide bonds. The molecule has 0 spiro atoms. The molecule has 2 heterocycles. The van der Waals surface area contributed by atoms with Gasteiger partial charge in [-0.1, -0.05) is 72.3 Å². The van der Waals surface area contributed by atoms with Crippen molar-refractivity contribution < 1.29 is 19.1 Å². The zero-order valence-electron chi connectivity index (χ0n) is 17.8. The monoisotopic (exact) mass is 513 g/mol. The number of carbonyl (C=O) groups excluding carboxylic acids is 3. The Kier molecular flexibility index (Phi) is 7.83. The number of thioether (sulfide) groups is 2. The maximum Gasteiger partial charge on any atom is 0.357 e. The Morgan fingerprint density at radius 2 is 1.79 bits per heavy atom. The summed E-state index contributed by atoms with van der Waals surface area (Å²) in [7, 11) is 0. The number of nitrogens with zero attached hydrogens (tertiary/aromatic N) is 2. The maximum atomic E-state index is 13.3. The number of fused-ring (bicyclic) bond motifs is 1. The van der Waals surface area contributed by atoms with Gasteiger partial charge in [0.05, 0.1) is 22.6 Å². The van der Waals surface area contributed by atoms with E-state index in [0.717, 1.165) is 11.1 Å². The van der Waals surface area contributed by atoms with E-state index in [1.165, 1.54) is 28.4 Å². The largest absolute Gasteiger partial charge is 0.448 e. The number of hydrogen-bond acceptors (Lipinski definition) is 7. The fourth-order valence-corrected chi connectivity index (χ4v) is 5.73. The van der Waals surface area contributed by atoms with Crippen LogP contribution in [0.2, 0.25) is 0 Å². The molecular formula is C24H20ClN3O4S2. The number of β-lactam (4-membered cyclic amide) rings is 1. The Morgan fingerprint density at radius 3 is 2.38 bits per heavy atom. The number of esters is 1. The fourth-order valence-electron chi connectivity index (χ4n) is 3.72. The van der Waals surface area contributed by atoms with Crippen molar-refractivity contribution in [3.05, 3.63) is 82.5 Å². The molecule has 1 unspecified atom stereocenters. The van der Waals surface area contributed by atoms with Crippen LogP contribution in [0, 0.1) is 11.3 Å². The number of halogens is 1. The molecule has 1 fully saturated rings. The SMILES string of the molecule is N#CCSCC(=O)NC1C(=O)N2C(C(=O)OC(c3ccccc3)c3ccccc3)=C(Cl)CS[C@H]12. The van der Waals surface area contributed by atoms with Crippen LogP contribution in [0.25, 0.3) is 0 Å². The second kappa shape index (κ2) is 11.0. The lowest BCUT2D eigenvalue weighted by Gasteiger charge is -2.49. The normalized spacial score (nSPS) is 19.2. The van der Waals surface area contributed by atoms with E-state index in [-0.39, 0.29) is 28.1 Å². The lowest BCUT2D eigenvalue weighted by Crippen LogP contribution is -2.70. The van der Waals surface area contributed by atoms with Gasteiger partial charge in [0, 0.05) is 5.75 Å². The minimum absolute atomic E-state index is 0.0108. The number of benzene rings is 2. The Balaban J connectivity index is 1.51. The molecule has 1 saturated heterocycles. The summed E-state index contributed by atoms with van der Waals surface area (Å²) in [5, 5.41) is 11.1. The van der Waals surface area contributed by atoms with E-state index in [9.17, 15) is 14.4 Å². The summed E-state index contributed by atoms with van der Waals surface area (Å²) < 4.78 is 5.91. The van der Waals surface area contributed by atoms with Gasteiger partial charge in [-0.3, -0.25) is 14.5 Å². The van der Waals surface area contributed by atoms with Gasteiger partial charge in [0.2, 0.25) is 5.91 Å². The van der Waals surface area contributed by atoms with Crippen molar-refractivity contribution in [2.75, 3.05) is 17.3 Å². The van der Waals surface area contributed by atoms with Crippen LogP contribution in [0.3, 0.4) is 0 Å². The first-order chi connectivity index (χ1) is 16.5. The molecule has 2 aromatic carbocycles. The zero-order chi connectivity index (χ0) is 24.1. The third-order valence-electron chi connectivity index (χ3n) is 5.26. The highest BCUT2D eigenvalue weighted by Gasteiger charge is 2.54. The summed E-state index contributed by atoms with van der Waals surface area (Å²) in [5.74, 6) is -0.869. The predicted octanol–water partition coefficient (Wildman–Crippen LogP) is 3.43. The van der Waals surface area contributed by atoms with E-state index in [1.807, 2.05) is 66.7 Å². The molecule has 2 aliphatic heterocycles. The van der Waals surface area contributed by atoms with Crippen molar-refractivity contribution in [3.63, 3.8) is 0 Å². The molecule has 2 aromatic rings. The Bertz CT molecular complexity index is 1110. The molecule has 34 heavy (non-hydrogen) atoms. The smallest absolute Gasteiger partial charge is 0.357 e. The minimum Gasteiger partial charge on any atom is -0.448 e. The highest BCUT2D eigenvalue weighted by molar-refractivity contribution is 8.00. The first kappa shape index (κ1) is 24.2. The molecule has 0 aromatic heterocycles. The highest BCUT2D eigenvalue weighted by atomic mass is 35.5. The molecule has 174 valence electrons. The van der Waals surface area contributed by atoms with Gasteiger partial charge in [-0.2, -0.15) is 5.26 Å². The third kappa shape index (κ3) is 5.09. The van der Waals surface area contributed by atoms with Crippen LogP contribution >= 0.6 is 35.1 Å². The topological polar surface area (TPSA) is 99.5 Å². The molecule has 0 aliphatic carbocycles. The first-order valence-electron chi connectivity index (χ1n) is 10.4. The van der Waals surface area contributed by atoms with Gasteiger partial charge < -0.3 is 10.1 Å². The molecule has 0 saturated carbocycles. The van der Waals surface area contributed by atoms with Crippen LogP contribution in [-0.4, -0.2) is 51.4 Å². The molecular weight excluding hydrogens is 494 g/mol. The summed E-state index contributed by atoms with van der Waals surface area (Å²) in [6, 6.07) is 19.9. The Hall–Kier alpha value is -2.93. The number of amides is 2. The van der Waals surface area contributed by atoms with Crippen molar-refractivity contribution >= 4 is 52.9 Å². The van der Waals surface area contributed by atoms with Crippen LogP contribution in [-0.2, 0) is 19.1 Å². The standard InChI is InChI=1S/C24H20ClN3O4S2/c25-17-13-34-23-19(27-18(29)14-33-12-11-26)22(30)28(23)20(17)24(31)32-21(15-7-3-1-4-8-15)16-9-5-2-6-10-16/h1-10,19,21,23H,12-14H2,(H,27,29)/t19?,23-/m1/s1. The number of ether oxygens (including phenoxy) is 1. The summed E-state index contributed by atoms with van der Waals surface area (Å²) >= 11 is 8.93. The quantitative estimate of drug-likeness (QED) is 0.328. The molecule has 1 N–H and O–H groups in total. The van der Waals surface area contributed by atoms with Crippen LogP contribution in [0.4, 0.5) is 0 Å². The third-order valence-corrected chi connectivity index (χ3v) is 7.81. The van der Waals surface area contributed by atoms with Gasteiger partial charge in [-0.25, -0.2) is 4.79 Å². The van der Waals surface area contributed by atoms with Gasteiger partial charge in [0.15, 0.2) is 6.10 Å². The number of rotatable bonds is 8. The number of hydrogen-bond donors (Lipinski definition) is 1. The molecule has 10 heteroatoms. The van der Waals surface area contributed by atoms with E-state index >= 15 is 0 Å². The first-order valence-corrected chi connectivity index (χ1v) is 13.0. The van der Waals surface area contributed by atoms with Gasteiger partial charge in [0.25, 0.3) is 5.91 Å². The molecule has 0 bridgehead atoms. The fraction of sp³-hybridized carbons (Fsp3) is 0.250. The van der Waals surface area contributed by atoms with Crippen molar-refractivity contribution in [3.8, 4) is 6.07 Å². The van der Waals surface area contributed by atoms with Crippen molar-refractivity contribution in [1.82, 2.24) is 10.2 Å². The molecule has 7 nitrogen and oxygen atoms in total. The van der Waals surface area contributed by atoms with E-state index in [0.29, 0.717) is 5.75 Å². The van der Waals surface area contributed by atoms with E-state index < -0.39 is 29.4 Å². The van der Waals surface area contributed by atoms with Crippen LogP contribution in [0.1, 0.15) is 17.2 Å². The Labute approximate surface area is 210 Å². The summed E-state index contributed by atoms with van der Waals surface area (Å²) in [5.41, 5.74) is 1.59. The number of nitrogens with one attached hydrogen (secondary N) is 1. The van der Waals surface area contributed by atoms with Crippen molar-refractivity contribution in [1.29, 1.82) is 5.26 Å². The molecule has 2 aliphatic rings. The van der Waals surface area contributed by atoms with E-state index in [4.69, 9.17) is 21.6 Å². The van der Waals surface area contributed by atoms with Gasteiger partial charge in [-0.15, -0.1) is 23.5 Å². The van der Waals surface area contributed by atoms with Crippen molar-refractivity contribution in [2.45, 2.75) is 17.5 Å². The molecule has 4 rings (SSSR count). The van der Waals surface area contributed by atoms with Crippen molar-refractivity contribution in [2.24, 2.45) is 0 Å². The van der Waals surface area contributed by atoms with Crippen LogP contribution < -0.4 is 5.32 Å². The minimum atomic E-state index is -0.758. The van der Waals surface area contributed by atoms with E-state index in [1.54, 1.807) is 0 Å². The summed E-state index contributed by atoms with van der Waals surface area (Å²) in [6.07, 6.45) is -0.677. The van der Waals surface area contributed by atoms with Gasteiger partial charge >= 0.3 is 5.97 Å². The number of nitriles is 1. The summed E-state index contributed by atoms with van der Waals surface area (Å²) in [4.78, 5) is 39.6. The lowest BCUT2D eigenvalue weighted by molar-refractivity contribution is -0.154.